The van der Waals surface area contributed by atoms with Crippen molar-refractivity contribution < 1.29 is 18.3 Å². The Bertz CT molecular complexity index is 589. The lowest BCUT2D eigenvalue weighted by atomic mass is 10.2. The summed E-state index contributed by atoms with van der Waals surface area (Å²) < 4.78 is 26.4. The number of carboxylic acid groups (broad SMARTS) is 1. The van der Waals surface area contributed by atoms with Crippen molar-refractivity contribution in [1.82, 2.24) is 9.62 Å². The topological polar surface area (TPSA) is 86.7 Å². The molecule has 0 aliphatic heterocycles. The maximum Gasteiger partial charge on any atom is 0.335 e. The van der Waals surface area contributed by atoms with E-state index in [2.05, 4.69) is 21.2 Å². The van der Waals surface area contributed by atoms with E-state index < -0.39 is 16.0 Å². The molecule has 6 nitrogen and oxygen atoms in total. The number of nitrogens with one attached hydrogen (secondary N) is 1. The van der Waals surface area contributed by atoms with Crippen LogP contribution in [0.2, 0.25) is 0 Å². The maximum atomic E-state index is 12.4. The second kappa shape index (κ2) is 7.16. The SMILES string of the molecule is CNCCCN(C)S(=O)(=O)c1cc(C(=O)O)ccc1Br. The van der Waals surface area contributed by atoms with Gasteiger partial charge in [-0.25, -0.2) is 17.5 Å². The Kier molecular flexibility index (Phi) is 6.12. The fraction of sp³-hybridized carbons (Fsp3) is 0.417. The molecule has 0 aromatic heterocycles. The Hall–Kier alpha value is -0.960. The van der Waals surface area contributed by atoms with E-state index in [4.69, 9.17) is 5.11 Å². The van der Waals surface area contributed by atoms with E-state index in [1.54, 1.807) is 7.05 Å². The average molecular weight is 365 g/mol. The molecule has 0 bridgehead atoms. The van der Waals surface area contributed by atoms with Gasteiger partial charge in [-0.1, -0.05) is 0 Å². The third-order valence-corrected chi connectivity index (χ3v) is 5.62. The fourth-order valence-corrected chi connectivity index (χ4v) is 3.76. The average Bonchev–Trinajstić information content (AvgIpc) is 2.38. The van der Waals surface area contributed by atoms with Gasteiger partial charge in [-0.05, 0) is 54.1 Å². The fourth-order valence-electron chi connectivity index (χ4n) is 1.60. The molecule has 2 N–H and O–H groups in total. The summed E-state index contributed by atoms with van der Waals surface area (Å²) in [7, 11) is -0.441. The van der Waals surface area contributed by atoms with Crippen molar-refractivity contribution in [1.29, 1.82) is 0 Å². The van der Waals surface area contributed by atoms with E-state index in [0.29, 0.717) is 24.0 Å². The summed E-state index contributed by atoms with van der Waals surface area (Å²) in [4.78, 5) is 10.9. The van der Waals surface area contributed by atoms with Gasteiger partial charge in [0.2, 0.25) is 10.0 Å². The zero-order chi connectivity index (χ0) is 15.3. The lowest BCUT2D eigenvalue weighted by molar-refractivity contribution is 0.0696. The van der Waals surface area contributed by atoms with Crippen LogP contribution in [0, 0.1) is 0 Å². The summed E-state index contributed by atoms with van der Waals surface area (Å²) >= 11 is 3.15. The first-order chi connectivity index (χ1) is 9.30. The minimum atomic E-state index is -3.71. The molecule has 0 radical (unpaired) electrons. The van der Waals surface area contributed by atoms with Gasteiger partial charge < -0.3 is 10.4 Å². The summed E-state index contributed by atoms with van der Waals surface area (Å²) in [6.45, 7) is 1.06. The van der Waals surface area contributed by atoms with E-state index in [0.717, 1.165) is 6.07 Å². The number of aromatic carboxylic acids is 1. The first kappa shape index (κ1) is 17.1. The van der Waals surface area contributed by atoms with Crippen molar-refractivity contribution in [3.05, 3.63) is 28.2 Å². The number of carbonyl (C=O) groups is 1. The lowest BCUT2D eigenvalue weighted by Gasteiger charge is -2.18. The van der Waals surface area contributed by atoms with Crippen LogP contribution in [0.15, 0.2) is 27.6 Å². The van der Waals surface area contributed by atoms with Gasteiger partial charge in [-0.3, -0.25) is 0 Å². The van der Waals surface area contributed by atoms with Crippen molar-refractivity contribution in [2.75, 3.05) is 27.2 Å². The Morgan fingerprint density at radius 3 is 2.65 bits per heavy atom. The molecule has 1 aromatic carbocycles. The summed E-state index contributed by atoms with van der Waals surface area (Å²) in [6.07, 6.45) is 0.669. The number of carboxylic acids is 1. The number of hydrogen-bond acceptors (Lipinski definition) is 4. The van der Waals surface area contributed by atoms with E-state index in [1.165, 1.54) is 23.5 Å². The molecule has 1 aromatic rings. The Morgan fingerprint density at radius 2 is 2.10 bits per heavy atom. The minimum absolute atomic E-state index is 0.0376. The number of benzene rings is 1. The van der Waals surface area contributed by atoms with Gasteiger partial charge in [-0.2, -0.15) is 0 Å². The molecule has 112 valence electrons. The Labute approximate surface area is 127 Å². The van der Waals surface area contributed by atoms with E-state index in [1.807, 2.05) is 0 Å². The van der Waals surface area contributed by atoms with Crippen molar-refractivity contribution in [3.63, 3.8) is 0 Å². The predicted octanol–water partition coefficient (Wildman–Crippen LogP) is 1.38. The maximum absolute atomic E-state index is 12.4. The first-order valence-corrected chi connectivity index (χ1v) is 8.17. The lowest BCUT2D eigenvalue weighted by Crippen LogP contribution is -2.30. The van der Waals surface area contributed by atoms with Crippen LogP contribution in [0.25, 0.3) is 0 Å². The van der Waals surface area contributed by atoms with Crippen LogP contribution >= 0.6 is 15.9 Å². The summed E-state index contributed by atoms with van der Waals surface area (Å²) in [5.41, 5.74) is -0.0598. The normalized spacial score (nSPS) is 11.8. The summed E-state index contributed by atoms with van der Waals surface area (Å²) in [5.74, 6) is -1.16. The molecular weight excluding hydrogens is 348 g/mol. The van der Waals surface area contributed by atoms with Crippen LogP contribution in [0.1, 0.15) is 16.8 Å². The van der Waals surface area contributed by atoms with Crippen LogP contribution < -0.4 is 5.32 Å². The number of sulfonamides is 1. The first-order valence-electron chi connectivity index (χ1n) is 5.94. The van der Waals surface area contributed by atoms with Crippen molar-refractivity contribution in [2.24, 2.45) is 0 Å². The molecule has 0 atom stereocenters. The highest BCUT2D eigenvalue weighted by molar-refractivity contribution is 9.10. The molecule has 0 fully saturated rings. The van der Waals surface area contributed by atoms with E-state index in [-0.39, 0.29) is 10.5 Å². The predicted molar refractivity (Wildman–Crippen MR) is 79.5 cm³/mol. The van der Waals surface area contributed by atoms with Crippen molar-refractivity contribution >= 4 is 31.9 Å². The second-order valence-corrected chi connectivity index (χ2v) is 7.10. The highest BCUT2D eigenvalue weighted by Gasteiger charge is 2.24. The number of halogens is 1. The van der Waals surface area contributed by atoms with E-state index >= 15 is 0 Å². The third-order valence-electron chi connectivity index (χ3n) is 2.77. The zero-order valence-electron chi connectivity index (χ0n) is 11.3. The zero-order valence-corrected chi connectivity index (χ0v) is 13.7. The molecule has 0 aliphatic rings. The van der Waals surface area contributed by atoms with E-state index in [9.17, 15) is 13.2 Å². The molecule has 0 saturated heterocycles. The Balaban J connectivity index is 3.08. The highest BCUT2D eigenvalue weighted by atomic mass is 79.9. The molecule has 8 heteroatoms. The van der Waals surface area contributed by atoms with Crippen molar-refractivity contribution in [2.45, 2.75) is 11.3 Å². The van der Waals surface area contributed by atoms with Crippen LogP contribution in [0.4, 0.5) is 0 Å². The second-order valence-electron chi connectivity index (χ2n) is 4.23. The molecule has 0 spiro atoms. The van der Waals surface area contributed by atoms with Crippen LogP contribution in [0.3, 0.4) is 0 Å². The summed E-state index contributed by atoms with van der Waals surface area (Å²) in [5, 5.41) is 11.9. The van der Waals surface area contributed by atoms with Crippen molar-refractivity contribution in [3.8, 4) is 0 Å². The van der Waals surface area contributed by atoms with Gasteiger partial charge in [0, 0.05) is 18.1 Å². The minimum Gasteiger partial charge on any atom is -0.478 e. The molecule has 20 heavy (non-hydrogen) atoms. The Morgan fingerprint density at radius 1 is 1.45 bits per heavy atom. The monoisotopic (exact) mass is 364 g/mol. The number of rotatable bonds is 7. The quantitative estimate of drug-likeness (QED) is 0.713. The van der Waals surface area contributed by atoms with Gasteiger partial charge >= 0.3 is 5.97 Å². The third kappa shape index (κ3) is 4.02. The highest BCUT2D eigenvalue weighted by Crippen LogP contribution is 2.25. The number of hydrogen-bond donors (Lipinski definition) is 2. The van der Waals surface area contributed by atoms with Gasteiger partial charge in [0.05, 0.1) is 10.5 Å². The smallest absolute Gasteiger partial charge is 0.335 e. The summed E-state index contributed by atoms with van der Waals surface area (Å²) in [6, 6.07) is 3.94. The van der Waals surface area contributed by atoms with Crippen LogP contribution in [-0.4, -0.2) is 51.0 Å². The van der Waals surface area contributed by atoms with Gasteiger partial charge in [0.25, 0.3) is 0 Å². The standard InChI is InChI=1S/C12H17BrN2O4S/c1-14-6-3-7-15(2)20(18,19)11-8-9(12(16)17)4-5-10(11)13/h4-5,8,14H,3,6-7H2,1-2H3,(H,16,17). The molecule has 0 unspecified atom stereocenters. The van der Waals surface area contributed by atoms with Gasteiger partial charge in [-0.15, -0.1) is 0 Å². The molecular formula is C12H17BrN2O4S. The molecule has 0 heterocycles. The molecule has 0 amide bonds. The molecule has 0 aliphatic carbocycles. The largest absolute Gasteiger partial charge is 0.478 e. The van der Waals surface area contributed by atoms with Crippen LogP contribution in [-0.2, 0) is 10.0 Å². The van der Waals surface area contributed by atoms with Crippen LogP contribution in [0.5, 0.6) is 0 Å². The number of nitrogens with zero attached hydrogens (tertiary/aromatic N) is 1. The molecule has 1 rings (SSSR count). The van der Waals surface area contributed by atoms with Gasteiger partial charge in [0.1, 0.15) is 0 Å². The van der Waals surface area contributed by atoms with Gasteiger partial charge in [0.15, 0.2) is 0 Å². The molecule has 0 saturated carbocycles.